The molecule has 2 rings (SSSR count). The lowest BCUT2D eigenvalue weighted by molar-refractivity contribution is 0.152. The topological polar surface area (TPSA) is 36.3 Å². The van der Waals surface area contributed by atoms with E-state index in [1.807, 2.05) is 18.2 Å². The average molecular weight is 281 g/mol. The first kappa shape index (κ1) is 11.4. The van der Waals surface area contributed by atoms with Crippen LogP contribution in [0.15, 0.2) is 22.7 Å². The highest BCUT2D eigenvalue weighted by molar-refractivity contribution is 9.10. The fraction of sp³-hybridized carbons (Fsp3) is 0.417. The Hall–Kier alpha value is -1.05. The summed E-state index contributed by atoms with van der Waals surface area (Å²) in [6.07, 6.45) is 1.04. The molecule has 1 aliphatic rings. The second-order valence-corrected chi connectivity index (χ2v) is 4.68. The van der Waals surface area contributed by atoms with Crippen molar-refractivity contribution < 1.29 is 4.74 Å². The lowest BCUT2D eigenvalue weighted by Crippen LogP contribution is -2.25. The minimum atomic E-state index is 0.689. The smallest absolute Gasteiger partial charge is 0.0992 e. The van der Waals surface area contributed by atoms with Crippen LogP contribution in [0.1, 0.15) is 12.0 Å². The van der Waals surface area contributed by atoms with Gasteiger partial charge in [0, 0.05) is 29.9 Å². The summed E-state index contributed by atoms with van der Waals surface area (Å²) >= 11 is 3.43. The number of rotatable bonds is 1. The molecule has 1 heterocycles. The van der Waals surface area contributed by atoms with Crippen molar-refractivity contribution in [2.45, 2.75) is 6.42 Å². The molecule has 0 spiro atoms. The molecule has 4 heteroatoms. The van der Waals surface area contributed by atoms with Crippen molar-refractivity contribution in [3.05, 3.63) is 28.2 Å². The third-order valence-electron chi connectivity index (χ3n) is 2.60. The van der Waals surface area contributed by atoms with E-state index in [2.05, 4.69) is 26.9 Å². The lowest BCUT2D eigenvalue weighted by Gasteiger charge is -2.22. The largest absolute Gasteiger partial charge is 0.380 e. The third-order valence-corrected chi connectivity index (χ3v) is 3.06. The summed E-state index contributed by atoms with van der Waals surface area (Å²) in [4.78, 5) is 2.26. The molecular formula is C12H13BrN2O. The zero-order valence-corrected chi connectivity index (χ0v) is 10.5. The highest BCUT2D eigenvalue weighted by atomic mass is 79.9. The molecule has 0 N–H and O–H groups in total. The second kappa shape index (κ2) is 5.33. The normalized spacial score (nSPS) is 16.6. The van der Waals surface area contributed by atoms with Crippen molar-refractivity contribution in [2.24, 2.45) is 0 Å². The maximum absolute atomic E-state index is 8.93. The van der Waals surface area contributed by atoms with Gasteiger partial charge in [-0.15, -0.1) is 0 Å². The monoisotopic (exact) mass is 280 g/mol. The van der Waals surface area contributed by atoms with E-state index in [0.29, 0.717) is 5.56 Å². The van der Waals surface area contributed by atoms with Crippen molar-refractivity contribution >= 4 is 21.6 Å². The van der Waals surface area contributed by atoms with Gasteiger partial charge in [-0.2, -0.15) is 5.26 Å². The van der Waals surface area contributed by atoms with Crippen LogP contribution in [0.25, 0.3) is 0 Å². The maximum Gasteiger partial charge on any atom is 0.0992 e. The first-order chi connectivity index (χ1) is 7.79. The molecule has 84 valence electrons. The predicted molar refractivity (Wildman–Crippen MR) is 66.5 cm³/mol. The van der Waals surface area contributed by atoms with Crippen LogP contribution >= 0.6 is 15.9 Å². The van der Waals surface area contributed by atoms with Gasteiger partial charge in [0.15, 0.2) is 0 Å². The van der Waals surface area contributed by atoms with Gasteiger partial charge < -0.3 is 9.64 Å². The molecule has 0 unspecified atom stereocenters. The van der Waals surface area contributed by atoms with E-state index in [4.69, 9.17) is 10.00 Å². The molecular weight excluding hydrogens is 268 g/mol. The van der Waals surface area contributed by atoms with Gasteiger partial charge in [0.2, 0.25) is 0 Å². The molecule has 1 aromatic carbocycles. The van der Waals surface area contributed by atoms with E-state index >= 15 is 0 Å². The number of nitriles is 1. The molecule has 1 aliphatic heterocycles. The first-order valence-electron chi connectivity index (χ1n) is 5.33. The number of halogens is 1. The Bertz CT molecular complexity index is 406. The molecule has 1 saturated heterocycles. The Morgan fingerprint density at radius 3 is 2.94 bits per heavy atom. The van der Waals surface area contributed by atoms with Crippen LogP contribution in [0.5, 0.6) is 0 Å². The highest BCUT2D eigenvalue weighted by Crippen LogP contribution is 2.23. The number of hydrogen-bond donors (Lipinski definition) is 0. The summed E-state index contributed by atoms with van der Waals surface area (Å²) in [7, 11) is 0. The standard InChI is InChI=1S/C12H13BrN2O/c13-11-6-10(9-14)7-12(8-11)15-2-1-4-16-5-3-15/h6-8H,1-5H2. The SMILES string of the molecule is N#Cc1cc(Br)cc(N2CCCOCC2)c1. The van der Waals surface area contributed by atoms with E-state index in [-0.39, 0.29) is 0 Å². The molecule has 0 amide bonds. The Morgan fingerprint density at radius 2 is 2.12 bits per heavy atom. The Balaban J connectivity index is 2.24. The van der Waals surface area contributed by atoms with Gasteiger partial charge in [0.1, 0.15) is 0 Å². The van der Waals surface area contributed by atoms with E-state index in [1.165, 1.54) is 0 Å². The van der Waals surface area contributed by atoms with Gasteiger partial charge in [-0.1, -0.05) is 15.9 Å². The van der Waals surface area contributed by atoms with Crippen LogP contribution in [-0.2, 0) is 4.74 Å². The maximum atomic E-state index is 8.93. The molecule has 0 aliphatic carbocycles. The minimum Gasteiger partial charge on any atom is -0.380 e. The van der Waals surface area contributed by atoms with Gasteiger partial charge in [0.25, 0.3) is 0 Å². The zero-order valence-electron chi connectivity index (χ0n) is 8.95. The van der Waals surface area contributed by atoms with Gasteiger partial charge in [-0.25, -0.2) is 0 Å². The molecule has 0 bridgehead atoms. The molecule has 0 aromatic heterocycles. The van der Waals surface area contributed by atoms with Crippen molar-refractivity contribution in [3.63, 3.8) is 0 Å². The summed E-state index contributed by atoms with van der Waals surface area (Å²) in [5, 5.41) is 8.93. The highest BCUT2D eigenvalue weighted by Gasteiger charge is 2.11. The second-order valence-electron chi connectivity index (χ2n) is 3.76. The van der Waals surface area contributed by atoms with Crippen LogP contribution in [-0.4, -0.2) is 26.3 Å². The van der Waals surface area contributed by atoms with Gasteiger partial charge in [0.05, 0.1) is 18.2 Å². The van der Waals surface area contributed by atoms with Crippen molar-refractivity contribution in [2.75, 3.05) is 31.2 Å². The third kappa shape index (κ3) is 2.75. The van der Waals surface area contributed by atoms with Crippen LogP contribution in [0, 0.1) is 11.3 Å². The minimum absolute atomic E-state index is 0.689. The summed E-state index contributed by atoms with van der Waals surface area (Å²) in [6.45, 7) is 3.46. The Labute approximate surface area is 104 Å². The van der Waals surface area contributed by atoms with Crippen LogP contribution in [0.2, 0.25) is 0 Å². The Kier molecular flexibility index (Phi) is 3.81. The molecule has 0 radical (unpaired) electrons. The summed E-state index contributed by atoms with van der Waals surface area (Å²) in [6, 6.07) is 7.98. The van der Waals surface area contributed by atoms with Crippen molar-refractivity contribution in [3.8, 4) is 6.07 Å². The number of hydrogen-bond acceptors (Lipinski definition) is 3. The van der Waals surface area contributed by atoms with Crippen molar-refractivity contribution in [1.29, 1.82) is 5.26 Å². The first-order valence-corrected chi connectivity index (χ1v) is 6.12. The van der Waals surface area contributed by atoms with E-state index < -0.39 is 0 Å². The lowest BCUT2D eigenvalue weighted by atomic mass is 10.2. The fourth-order valence-electron chi connectivity index (χ4n) is 1.83. The molecule has 3 nitrogen and oxygen atoms in total. The number of nitrogens with zero attached hydrogens (tertiary/aromatic N) is 2. The van der Waals surface area contributed by atoms with Gasteiger partial charge in [-0.05, 0) is 24.6 Å². The summed E-state index contributed by atoms with van der Waals surface area (Å²) < 4.78 is 6.37. The van der Waals surface area contributed by atoms with E-state index in [0.717, 1.165) is 42.9 Å². The van der Waals surface area contributed by atoms with E-state index in [1.54, 1.807) is 0 Å². The van der Waals surface area contributed by atoms with Crippen LogP contribution in [0.4, 0.5) is 5.69 Å². The molecule has 16 heavy (non-hydrogen) atoms. The fourth-order valence-corrected chi connectivity index (χ4v) is 2.31. The molecule has 1 fully saturated rings. The zero-order chi connectivity index (χ0) is 11.4. The Morgan fingerprint density at radius 1 is 1.25 bits per heavy atom. The quantitative estimate of drug-likeness (QED) is 0.793. The van der Waals surface area contributed by atoms with Gasteiger partial charge in [-0.3, -0.25) is 0 Å². The number of anilines is 1. The predicted octanol–water partition coefficient (Wildman–Crippen LogP) is 2.55. The van der Waals surface area contributed by atoms with Crippen molar-refractivity contribution in [1.82, 2.24) is 0 Å². The van der Waals surface area contributed by atoms with Gasteiger partial charge >= 0.3 is 0 Å². The number of benzene rings is 1. The summed E-state index contributed by atoms with van der Waals surface area (Å²) in [5.41, 5.74) is 1.78. The molecule has 0 saturated carbocycles. The number of ether oxygens (including phenoxy) is 1. The van der Waals surface area contributed by atoms with E-state index in [9.17, 15) is 0 Å². The average Bonchev–Trinajstić information content (AvgIpc) is 2.56. The van der Waals surface area contributed by atoms with Crippen LogP contribution < -0.4 is 4.90 Å². The summed E-state index contributed by atoms with van der Waals surface area (Å²) in [5.74, 6) is 0. The van der Waals surface area contributed by atoms with Crippen LogP contribution in [0.3, 0.4) is 0 Å². The molecule has 0 atom stereocenters. The molecule has 1 aromatic rings.